The van der Waals surface area contributed by atoms with Crippen LogP contribution in [0.3, 0.4) is 0 Å². The third-order valence-electron chi connectivity index (χ3n) is 8.52. The number of benzene rings is 2. The molecule has 0 saturated heterocycles. The Morgan fingerprint density at radius 2 is 0.900 bits per heavy atom. The SMILES string of the molecule is O[C@@H]1CCCC[C@H]2[C@@H]3CCCC[C@@H](O)[C@@]3(c3ccc(F)cc3)[C@]12c1ccc(F)cc1. The van der Waals surface area contributed by atoms with E-state index in [1.807, 2.05) is 0 Å². The third kappa shape index (κ3) is 2.53. The number of rotatable bonds is 2. The fourth-order valence-electron chi connectivity index (χ4n) is 7.66. The molecule has 160 valence electrons. The van der Waals surface area contributed by atoms with Gasteiger partial charge in [0.25, 0.3) is 0 Å². The minimum absolute atomic E-state index is 0.221. The molecule has 0 spiro atoms. The maximum Gasteiger partial charge on any atom is 0.123 e. The average molecular weight is 413 g/mol. The molecule has 2 nitrogen and oxygen atoms in total. The molecule has 4 heteroatoms. The summed E-state index contributed by atoms with van der Waals surface area (Å²) in [5.41, 5.74) is 0.432. The second-order valence-electron chi connectivity index (χ2n) is 9.57. The summed E-state index contributed by atoms with van der Waals surface area (Å²) < 4.78 is 27.7. The van der Waals surface area contributed by atoms with E-state index in [0.717, 1.165) is 49.7 Å². The van der Waals surface area contributed by atoms with Gasteiger partial charge in [0.2, 0.25) is 0 Å². The van der Waals surface area contributed by atoms with Crippen LogP contribution in [0.25, 0.3) is 0 Å². The lowest BCUT2D eigenvalue weighted by Gasteiger charge is -2.72. The summed E-state index contributed by atoms with van der Waals surface area (Å²) >= 11 is 0. The van der Waals surface area contributed by atoms with Gasteiger partial charge in [-0.3, -0.25) is 0 Å². The predicted molar refractivity (Wildman–Crippen MR) is 112 cm³/mol. The molecule has 2 aromatic rings. The fraction of sp³-hybridized carbons (Fsp3) is 0.538. The molecule has 2 aromatic carbocycles. The van der Waals surface area contributed by atoms with Gasteiger partial charge < -0.3 is 10.2 Å². The van der Waals surface area contributed by atoms with Crippen LogP contribution in [0.4, 0.5) is 8.78 Å². The van der Waals surface area contributed by atoms with Gasteiger partial charge in [-0.1, -0.05) is 49.9 Å². The minimum Gasteiger partial charge on any atom is -0.392 e. The standard InChI is InChI=1S/C26H30F2O2/c27-19-13-9-17(10-14-19)25-21(5-1-3-7-23(25)29)22-6-2-4-8-24(30)26(22,25)18-11-15-20(28)16-12-18/h9-16,21-24,29-30H,1-8H2/t21-,22-,23+,24+,25-,26-/m0/s1. The van der Waals surface area contributed by atoms with Crippen molar-refractivity contribution in [2.45, 2.75) is 74.4 Å². The number of aliphatic hydroxyl groups is 2. The van der Waals surface area contributed by atoms with Crippen LogP contribution in [0.2, 0.25) is 0 Å². The molecule has 0 amide bonds. The zero-order valence-electron chi connectivity index (χ0n) is 17.2. The first-order valence-electron chi connectivity index (χ1n) is 11.4. The van der Waals surface area contributed by atoms with Crippen LogP contribution in [0.5, 0.6) is 0 Å². The van der Waals surface area contributed by atoms with E-state index >= 15 is 0 Å². The molecule has 0 unspecified atom stereocenters. The lowest BCUT2D eigenvalue weighted by molar-refractivity contribution is -0.196. The highest BCUT2D eigenvalue weighted by Crippen LogP contribution is 2.73. The number of halogens is 2. The molecule has 3 saturated carbocycles. The van der Waals surface area contributed by atoms with Gasteiger partial charge in [-0.25, -0.2) is 8.78 Å². The summed E-state index contributed by atoms with van der Waals surface area (Å²) in [6, 6.07) is 13.1. The molecule has 0 heterocycles. The molecule has 3 aliphatic carbocycles. The lowest BCUT2D eigenvalue weighted by atomic mass is 9.31. The van der Waals surface area contributed by atoms with E-state index in [9.17, 15) is 19.0 Å². The summed E-state index contributed by atoms with van der Waals surface area (Å²) in [5.74, 6) is -0.164. The van der Waals surface area contributed by atoms with Crippen LogP contribution in [-0.2, 0) is 10.8 Å². The molecular weight excluding hydrogens is 382 g/mol. The second-order valence-corrected chi connectivity index (χ2v) is 9.57. The average Bonchev–Trinajstić information content (AvgIpc) is 2.97. The Labute approximate surface area is 176 Å². The second kappa shape index (κ2) is 7.42. The van der Waals surface area contributed by atoms with Crippen LogP contribution in [0.1, 0.15) is 62.5 Å². The molecule has 3 aliphatic rings. The smallest absolute Gasteiger partial charge is 0.123 e. The largest absolute Gasteiger partial charge is 0.392 e. The lowest BCUT2D eigenvalue weighted by Crippen LogP contribution is -2.78. The van der Waals surface area contributed by atoms with Crippen molar-refractivity contribution < 1.29 is 19.0 Å². The predicted octanol–water partition coefficient (Wildman–Crippen LogP) is 5.26. The van der Waals surface area contributed by atoms with Gasteiger partial charge >= 0.3 is 0 Å². The zero-order valence-corrected chi connectivity index (χ0v) is 17.2. The van der Waals surface area contributed by atoms with Crippen molar-refractivity contribution in [3.63, 3.8) is 0 Å². The minimum atomic E-state index is -0.691. The van der Waals surface area contributed by atoms with Crippen LogP contribution in [-0.4, -0.2) is 22.4 Å². The molecular formula is C26H30F2O2. The van der Waals surface area contributed by atoms with Gasteiger partial charge in [0.15, 0.2) is 0 Å². The van der Waals surface area contributed by atoms with Gasteiger partial charge in [-0.2, -0.15) is 0 Å². The van der Waals surface area contributed by atoms with E-state index in [1.54, 1.807) is 24.3 Å². The van der Waals surface area contributed by atoms with Crippen molar-refractivity contribution in [2.24, 2.45) is 11.8 Å². The Morgan fingerprint density at radius 1 is 0.567 bits per heavy atom. The van der Waals surface area contributed by atoms with Crippen molar-refractivity contribution >= 4 is 0 Å². The van der Waals surface area contributed by atoms with E-state index in [-0.39, 0.29) is 23.5 Å². The monoisotopic (exact) mass is 412 g/mol. The molecule has 2 N–H and O–H groups in total. The van der Waals surface area contributed by atoms with E-state index in [1.165, 1.54) is 24.3 Å². The van der Waals surface area contributed by atoms with E-state index in [4.69, 9.17) is 0 Å². The summed E-state index contributed by atoms with van der Waals surface area (Å²) in [6.07, 6.45) is 6.05. The summed E-state index contributed by atoms with van der Waals surface area (Å²) in [4.78, 5) is 0. The molecule has 0 aliphatic heterocycles. The first kappa shape index (κ1) is 20.1. The van der Waals surface area contributed by atoms with Gasteiger partial charge in [0.1, 0.15) is 11.6 Å². The highest BCUT2D eigenvalue weighted by Gasteiger charge is 2.76. The number of hydrogen-bond donors (Lipinski definition) is 2. The first-order chi connectivity index (χ1) is 14.5. The van der Waals surface area contributed by atoms with E-state index in [2.05, 4.69) is 0 Å². The number of fused-ring (bicyclic) bond motifs is 4. The topological polar surface area (TPSA) is 40.5 Å². The van der Waals surface area contributed by atoms with Crippen LogP contribution in [0, 0.1) is 23.5 Å². The maximum atomic E-state index is 13.9. The summed E-state index contributed by atoms with van der Waals surface area (Å²) in [6.45, 7) is 0. The Hall–Kier alpha value is -1.78. The van der Waals surface area contributed by atoms with Crippen LogP contribution >= 0.6 is 0 Å². The Balaban J connectivity index is 1.81. The number of aliphatic hydroxyl groups excluding tert-OH is 2. The fourth-order valence-corrected chi connectivity index (χ4v) is 7.66. The van der Waals surface area contributed by atoms with Crippen molar-refractivity contribution in [1.82, 2.24) is 0 Å². The summed E-state index contributed by atoms with van der Waals surface area (Å²) in [7, 11) is 0. The number of hydrogen-bond acceptors (Lipinski definition) is 2. The Kier molecular flexibility index (Phi) is 4.98. The van der Waals surface area contributed by atoms with Crippen LogP contribution < -0.4 is 0 Å². The van der Waals surface area contributed by atoms with E-state index < -0.39 is 23.0 Å². The van der Waals surface area contributed by atoms with Crippen molar-refractivity contribution in [3.8, 4) is 0 Å². The molecule has 0 radical (unpaired) electrons. The molecule has 3 fully saturated rings. The van der Waals surface area contributed by atoms with Gasteiger partial charge in [-0.05, 0) is 72.9 Å². The maximum absolute atomic E-state index is 13.9. The zero-order chi connectivity index (χ0) is 20.9. The van der Waals surface area contributed by atoms with Gasteiger partial charge in [0, 0.05) is 10.8 Å². The quantitative estimate of drug-likeness (QED) is 0.707. The highest BCUT2D eigenvalue weighted by atomic mass is 19.1. The molecule has 30 heavy (non-hydrogen) atoms. The molecule has 0 aromatic heterocycles. The highest BCUT2D eigenvalue weighted by molar-refractivity contribution is 5.50. The first-order valence-corrected chi connectivity index (χ1v) is 11.4. The molecule has 5 rings (SSSR count). The molecule has 0 bridgehead atoms. The van der Waals surface area contributed by atoms with Crippen molar-refractivity contribution in [2.75, 3.05) is 0 Å². The Bertz CT molecular complexity index is 821. The third-order valence-corrected chi connectivity index (χ3v) is 8.52. The van der Waals surface area contributed by atoms with E-state index in [0.29, 0.717) is 12.8 Å². The summed E-state index contributed by atoms with van der Waals surface area (Å²) in [5, 5.41) is 23.4. The Morgan fingerprint density at radius 3 is 1.27 bits per heavy atom. The normalized spacial score (nSPS) is 38.5. The van der Waals surface area contributed by atoms with Crippen molar-refractivity contribution in [3.05, 3.63) is 71.3 Å². The van der Waals surface area contributed by atoms with Crippen molar-refractivity contribution in [1.29, 1.82) is 0 Å². The molecule has 6 atom stereocenters. The van der Waals surface area contributed by atoms with Crippen LogP contribution in [0.15, 0.2) is 48.5 Å². The van der Waals surface area contributed by atoms with Gasteiger partial charge in [-0.15, -0.1) is 0 Å². The van der Waals surface area contributed by atoms with Gasteiger partial charge in [0.05, 0.1) is 12.2 Å².